The summed E-state index contributed by atoms with van der Waals surface area (Å²) in [5.41, 5.74) is 4.29. The highest BCUT2D eigenvalue weighted by molar-refractivity contribution is 6.04. The molecule has 1 saturated heterocycles. The summed E-state index contributed by atoms with van der Waals surface area (Å²) in [6.07, 6.45) is 2.22. The number of aromatic nitrogens is 3. The fourth-order valence-corrected chi connectivity index (χ4v) is 3.82. The van der Waals surface area contributed by atoms with Crippen LogP contribution in [0.15, 0.2) is 42.6 Å². The van der Waals surface area contributed by atoms with Crippen LogP contribution in [0.2, 0.25) is 0 Å². The van der Waals surface area contributed by atoms with Crippen LogP contribution in [0.25, 0.3) is 32.9 Å². The van der Waals surface area contributed by atoms with Crippen molar-refractivity contribution in [1.82, 2.24) is 15.2 Å². The van der Waals surface area contributed by atoms with Gasteiger partial charge in [-0.25, -0.2) is 4.79 Å². The highest BCUT2D eigenvalue weighted by atomic mass is 16.5. The van der Waals surface area contributed by atoms with E-state index in [4.69, 9.17) is 9.72 Å². The quantitative estimate of drug-likeness (QED) is 0.409. The molecule has 5 rings (SSSR count). The molecule has 1 fully saturated rings. The molecule has 0 spiro atoms. The number of aromatic amines is 2. The lowest BCUT2D eigenvalue weighted by atomic mass is 9.82. The molecule has 3 heterocycles. The number of carboxylic acids is 1. The summed E-state index contributed by atoms with van der Waals surface area (Å²) in [4.78, 5) is 16.1. The van der Waals surface area contributed by atoms with Crippen molar-refractivity contribution in [2.45, 2.75) is 32.6 Å². The fourth-order valence-electron chi connectivity index (χ4n) is 3.82. The Morgan fingerprint density at radius 2 is 1.97 bits per heavy atom. The van der Waals surface area contributed by atoms with Gasteiger partial charge in [0.15, 0.2) is 0 Å². The van der Waals surface area contributed by atoms with Gasteiger partial charge in [0, 0.05) is 40.3 Å². The Morgan fingerprint density at radius 1 is 1.28 bits per heavy atom. The zero-order valence-corrected chi connectivity index (χ0v) is 18.4. The number of ether oxygens (including phenoxy) is 1. The molecule has 7 heteroatoms. The Bertz CT molecular complexity index is 1300. The van der Waals surface area contributed by atoms with E-state index in [-0.39, 0.29) is 5.56 Å². The fraction of sp³-hybridized carbons (Fsp3) is 0.320. The Balaban J connectivity index is 0.000000433. The van der Waals surface area contributed by atoms with E-state index < -0.39 is 11.4 Å². The standard InChI is InChI=1S/C21H18N4O2.C4H8O/c1-21(2,7-8-22)19-18(12-3-5-13(6-4-12)20(26)27)15-10-16-14(11-23-25-16)9-17(15)24-19;1-4-2-5-3-4/h3-6,9-11,23,25H,7H2,1-2H3,(H,26,27);4H,2-3H2,1H3. The number of carboxylic acid groups (broad SMARTS) is 1. The van der Waals surface area contributed by atoms with Crippen LogP contribution >= 0.6 is 0 Å². The first kappa shape index (κ1) is 21.6. The molecular weight excluding hydrogens is 404 g/mol. The van der Waals surface area contributed by atoms with Gasteiger partial charge in [0.25, 0.3) is 0 Å². The third kappa shape index (κ3) is 4.10. The van der Waals surface area contributed by atoms with Gasteiger partial charge >= 0.3 is 5.97 Å². The predicted octanol–water partition coefficient (Wildman–Crippen LogP) is 5.25. The molecule has 0 aliphatic carbocycles. The summed E-state index contributed by atoms with van der Waals surface area (Å²) in [6.45, 7) is 8.17. The zero-order valence-electron chi connectivity index (χ0n) is 18.4. The summed E-state index contributed by atoms with van der Waals surface area (Å²) in [5.74, 6) is -0.115. The number of H-pyrrole nitrogens is 2. The number of hydrogen-bond donors (Lipinski definition) is 3. The van der Waals surface area contributed by atoms with Crippen LogP contribution in [0.3, 0.4) is 0 Å². The molecule has 32 heavy (non-hydrogen) atoms. The average molecular weight is 431 g/mol. The Kier molecular flexibility index (Phi) is 5.72. The van der Waals surface area contributed by atoms with Crippen LogP contribution in [0.1, 0.15) is 43.2 Å². The normalized spacial score (nSPS) is 13.9. The number of fused-ring (bicyclic) bond motifs is 2. The maximum Gasteiger partial charge on any atom is 0.335 e. The Morgan fingerprint density at radius 3 is 2.53 bits per heavy atom. The zero-order chi connectivity index (χ0) is 22.9. The lowest BCUT2D eigenvalue weighted by molar-refractivity contribution is -0.0221. The molecule has 0 radical (unpaired) electrons. The van der Waals surface area contributed by atoms with Crippen LogP contribution < -0.4 is 0 Å². The molecule has 2 aromatic carbocycles. The number of rotatable bonds is 4. The van der Waals surface area contributed by atoms with E-state index in [2.05, 4.69) is 23.2 Å². The van der Waals surface area contributed by atoms with E-state index in [9.17, 15) is 15.2 Å². The van der Waals surface area contributed by atoms with Crippen molar-refractivity contribution < 1.29 is 14.6 Å². The molecule has 0 unspecified atom stereocenters. The molecule has 0 saturated carbocycles. The molecule has 2 aromatic heterocycles. The van der Waals surface area contributed by atoms with Gasteiger partial charge < -0.3 is 20.0 Å². The van der Waals surface area contributed by atoms with Crippen molar-refractivity contribution in [2.75, 3.05) is 13.2 Å². The summed E-state index contributed by atoms with van der Waals surface area (Å²) < 4.78 is 4.83. The van der Waals surface area contributed by atoms with Crippen LogP contribution in [0, 0.1) is 17.2 Å². The SMILES string of the molecule is CC(C)(CC#N)c1nc2cc3c[nH][nH]c3cc2c1-c1ccc(C(=O)O)cc1.CC1COC1. The molecule has 7 nitrogen and oxygen atoms in total. The van der Waals surface area contributed by atoms with Crippen molar-refractivity contribution in [3.05, 3.63) is 53.9 Å². The van der Waals surface area contributed by atoms with Crippen LogP contribution in [0.5, 0.6) is 0 Å². The summed E-state index contributed by atoms with van der Waals surface area (Å²) in [5, 5.41) is 26.5. The van der Waals surface area contributed by atoms with Crippen molar-refractivity contribution in [3.8, 4) is 17.2 Å². The van der Waals surface area contributed by atoms with Gasteiger partial charge in [-0.15, -0.1) is 0 Å². The monoisotopic (exact) mass is 430 g/mol. The maximum atomic E-state index is 11.2. The second-order valence-corrected chi connectivity index (χ2v) is 8.95. The van der Waals surface area contributed by atoms with E-state index in [0.717, 1.165) is 57.8 Å². The highest BCUT2D eigenvalue weighted by Gasteiger charge is 2.29. The van der Waals surface area contributed by atoms with Crippen molar-refractivity contribution in [1.29, 1.82) is 5.26 Å². The smallest absolute Gasteiger partial charge is 0.335 e. The topological polar surface area (TPSA) is 115 Å². The first-order valence-electron chi connectivity index (χ1n) is 10.6. The third-order valence-corrected chi connectivity index (χ3v) is 5.73. The predicted molar refractivity (Wildman–Crippen MR) is 124 cm³/mol. The van der Waals surface area contributed by atoms with Crippen molar-refractivity contribution >= 4 is 27.8 Å². The lowest BCUT2D eigenvalue weighted by Gasteiger charge is -2.21. The van der Waals surface area contributed by atoms with Gasteiger partial charge in [0.1, 0.15) is 0 Å². The number of nitriles is 1. The minimum absolute atomic E-state index is 0.238. The van der Waals surface area contributed by atoms with E-state index in [1.165, 1.54) is 0 Å². The molecule has 1 aliphatic heterocycles. The first-order valence-corrected chi connectivity index (χ1v) is 10.6. The Hall–Kier alpha value is -3.63. The summed E-state index contributed by atoms with van der Waals surface area (Å²) >= 11 is 0. The molecule has 4 aromatic rings. The molecule has 0 atom stereocenters. The molecule has 164 valence electrons. The van der Waals surface area contributed by atoms with Crippen LogP contribution in [0.4, 0.5) is 0 Å². The maximum absolute atomic E-state index is 11.2. The largest absolute Gasteiger partial charge is 0.478 e. The van der Waals surface area contributed by atoms with Gasteiger partial charge in [0.2, 0.25) is 0 Å². The van der Waals surface area contributed by atoms with Gasteiger partial charge in [-0.1, -0.05) is 32.9 Å². The molecule has 1 aliphatic rings. The van der Waals surface area contributed by atoms with Gasteiger partial charge in [0.05, 0.1) is 41.6 Å². The minimum Gasteiger partial charge on any atom is -0.478 e. The van der Waals surface area contributed by atoms with E-state index in [0.29, 0.717) is 6.42 Å². The first-order chi connectivity index (χ1) is 15.3. The number of benzene rings is 2. The van der Waals surface area contributed by atoms with E-state index >= 15 is 0 Å². The second-order valence-electron chi connectivity index (χ2n) is 8.95. The minimum atomic E-state index is -0.958. The number of nitrogens with one attached hydrogen (secondary N) is 2. The number of hydrogen-bond acceptors (Lipinski definition) is 4. The van der Waals surface area contributed by atoms with E-state index in [1.54, 1.807) is 24.3 Å². The molecular formula is C25H26N4O3. The second kappa shape index (κ2) is 8.48. The van der Waals surface area contributed by atoms with Crippen LogP contribution in [-0.4, -0.2) is 39.5 Å². The summed E-state index contributed by atoms with van der Waals surface area (Å²) in [6, 6.07) is 13.1. The molecule has 0 bridgehead atoms. The molecule has 3 N–H and O–H groups in total. The van der Waals surface area contributed by atoms with Gasteiger partial charge in [-0.2, -0.15) is 5.26 Å². The number of carbonyl (C=O) groups is 1. The van der Waals surface area contributed by atoms with E-state index in [1.807, 2.05) is 32.2 Å². The molecule has 0 amide bonds. The van der Waals surface area contributed by atoms with Gasteiger partial charge in [-0.05, 0) is 29.8 Å². The number of nitrogens with zero attached hydrogens (tertiary/aromatic N) is 2. The van der Waals surface area contributed by atoms with Crippen molar-refractivity contribution in [3.63, 3.8) is 0 Å². The Labute approximate surface area is 186 Å². The highest BCUT2D eigenvalue weighted by Crippen LogP contribution is 2.41. The van der Waals surface area contributed by atoms with Crippen LogP contribution in [-0.2, 0) is 10.2 Å². The van der Waals surface area contributed by atoms with Crippen molar-refractivity contribution in [2.24, 2.45) is 5.92 Å². The average Bonchev–Trinajstić information content (AvgIpc) is 3.35. The van der Waals surface area contributed by atoms with Gasteiger partial charge in [-0.3, -0.25) is 4.98 Å². The third-order valence-electron chi connectivity index (χ3n) is 5.73. The summed E-state index contributed by atoms with van der Waals surface area (Å²) in [7, 11) is 0. The number of aromatic carboxylic acids is 1. The lowest BCUT2D eigenvalue weighted by Crippen LogP contribution is -2.23.